The number of nitrogens with zero attached hydrogens (tertiary/aromatic N) is 1. The van der Waals surface area contributed by atoms with Gasteiger partial charge >= 0.3 is 0 Å². The summed E-state index contributed by atoms with van der Waals surface area (Å²) in [5.74, 6) is 0.915. The van der Waals surface area contributed by atoms with E-state index < -0.39 is 0 Å². The van der Waals surface area contributed by atoms with Gasteiger partial charge in [0, 0.05) is 44.9 Å². The Morgan fingerprint density at radius 2 is 2.05 bits per heavy atom. The Bertz CT molecular complexity index is 348. The maximum absolute atomic E-state index is 5.89. The standard InChI is InChI=1S/C16H31N3O2.HI/c1-4-20-11-7-10-18-15(17-3)19-13-12-14(21-5-2)16(13)8-6-9-16;/h13-14H,4-12H2,1-3H3,(H2,17,18,19);1H. The monoisotopic (exact) mass is 425 g/mol. The first-order chi connectivity index (χ1) is 10.3. The smallest absolute Gasteiger partial charge is 0.191 e. The molecule has 0 aromatic rings. The van der Waals surface area contributed by atoms with Crippen LogP contribution in [0.5, 0.6) is 0 Å². The van der Waals surface area contributed by atoms with Gasteiger partial charge in [-0.05, 0) is 39.5 Å². The Kier molecular flexibility index (Phi) is 9.01. The first kappa shape index (κ1) is 20.0. The van der Waals surface area contributed by atoms with Gasteiger partial charge in [-0.3, -0.25) is 4.99 Å². The van der Waals surface area contributed by atoms with Gasteiger partial charge < -0.3 is 20.1 Å². The number of hydrogen-bond acceptors (Lipinski definition) is 3. The molecule has 130 valence electrons. The highest BCUT2D eigenvalue weighted by Gasteiger charge is 2.59. The molecule has 0 amide bonds. The Balaban J connectivity index is 0.00000242. The maximum Gasteiger partial charge on any atom is 0.191 e. The van der Waals surface area contributed by atoms with Crippen LogP contribution in [-0.2, 0) is 9.47 Å². The second kappa shape index (κ2) is 9.93. The largest absolute Gasteiger partial charge is 0.382 e. The van der Waals surface area contributed by atoms with Crippen molar-refractivity contribution in [2.24, 2.45) is 10.4 Å². The van der Waals surface area contributed by atoms with E-state index in [0.29, 0.717) is 17.6 Å². The molecule has 0 heterocycles. The molecular formula is C16H32IN3O2. The molecule has 5 nitrogen and oxygen atoms in total. The van der Waals surface area contributed by atoms with Crippen molar-refractivity contribution in [3.05, 3.63) is 0 Å². The lowest BCUT2D eigenvalue weighted by Gasteiger charge is -2.61. The van der Waals surface area contributed by atoms with E-state index in [1.165, 1.54) is 19.3 Å². The van der Waals surface area contributed by atoms with E-state index in [0.717, 1.165) is 45.2 Å². The molecule has 0 bridgehead atoms. The summed E-state index contributed by atoms with van der Waals surface area (Å²) in [5, 5.41) is 6.97. The molecule has 2 N–H and O–H groups in total. The molecule has 0 radical (unpaired) electrons. The van der Waals surface area contributed by atoms with Crippen LogP contribution < -0.4 is 10.6 Å². The SMILES string of the molecule is CCOCCCNC(=NC)NC1CC(OCC)C12CCC2.I. The van der Waals surface area contributed by atoms with Crippen molar-refractivity contribution in [3.63, 3.8) is 0 Å². The number of aliphatic imine (C=N–C) groups is 1. The normalized spacial score (nSPS) is 25.9. The third-order valence-electron chi connectivity index (χ3n) is 4.93. The molecule has 6 heteroatoms. The minimum Gasteiger partial charge on any atom is -0.382 e. The Hall–Kier alpha value is -0.0800. The summed E-state index contributed by atoms with van der Waals surface area (Å²) in [4.78, 5) is 4.34. The van der Waals surface area contributed by atoms with Crippen LogP contribution in [0.4, 0.5) is 0 Å². The second-order valence-corrected chi connectivity index (χ2v) is 6.01. The van der Waals surface area contributed by atoms with E-state index in [1.807, 2.05) is 14.0 Å². The quantitative estimate of drug-likeness (QED) is 0.272. The van der Waals surface area contributed by atoms with Gasteiger partial charge in [0.1, 0.15) is 0 Å². The summed E-state index contributed by atoms with van der Waals surface area (Å²) in [7, 11) is 1.84. The molecular weight excluding hydrogens is 393 g/mol. The Morgan fingerprint density at radius 3 is 2.59 bits per heavy atom. The zero-order valence-electron chi connectivity index (χ0n) is 14.2. The second-order valence-electron chi connectivity index (χ2n) is 6.01. The summed E-state index contributed by atoms with van der Waals surface area (Å²) in [6.07, 6.45) is 6.47. The van der Waals surface area contributed by atoms with E-state index >= 15 is 0 Å². The van der Waals surface area contributed by atoms with Crippen LogP contribution in [0.15, 0.2) is 4.99 Å². The Labute approximate surface area is 152 Å². The van der Waals surface area contributed by atoms with Gasteiger partial charge in [0.15, 0.2) is 5.96 Å². The van der Waals surface area contributed by atoms with Gasteiger partial charge in [0.05, 0.1) is 6.10 Å². The highest BCUT2D eigenvalue weighted by atomic mass is 127. The number of hydrogen-bond donors (Lipinski definition) is 2. The van der Waals surface area contributed by atoms with Gasteiger partial charge in [0.2, 0.25) is 0 Å². The minimum absolute atomic E-state index is 0. The van der Waals surface area contributed by atoms with E-state index in [-0.39, 0.29) is 24.0 Å². The highest BCUT2D eigenvalue weighted by Crippen LogP contribution is 2.57. The summed E-state index contributed by atoms with van der Waals surface area (Å²) in [5.41, 5.74) is 0.374. The molecule has 2 aliphatic rings. The first-order valence-corrected chi connectivity index (χ1v) is 8.43. The fourth-order valence-electron chi connectivity index (χ4n) is 3.53. The maximum atomic E-state index is 5.89. The van der Waals surface area contributed by atoms with E-state index in [4.69, 9.17) is 9.47 Å². The van der Waals surface area contributed by atoms with Crippen LogP contribution in [0, 0.1) is 5.41 Å². The molecule has 2 rings (SSSR count). The van der Waals surface area contributed by atoms with Crippen molar-refractivity contribution in [2.45, 2.75) is 58.1 Å². The topological polar surface area (TPSA) is 54.9 Å². The fourth-order valence-corrected chi connectivity index (χ4v) is 3.53. The van der Waals surface area contributed by atoms with Crippen molar-refractivity contribution >= 4 is 29.9 Å². The lowest BCUT2D eigenvalue weighted by molar-refractivity contribution is -0.168. The van der Waals surface area contributed by atoms with Crippen LogP contribution in [0.3, 0.4) is 0 Å². The predicted molar refractivity (Wildman–Crippen MR) is 101 cm³/mol. The van der Waals surface area contributed by atoms with Gasteiger partial charge in [-0.2, -0.15) is 0 Å². The summed E-state index contributed by atoms with van der Waals surface area (Å²) in [6, 6.07) is 0.515. The molecule has 0 aliphatic heterocycles. The van der Waals surface area contributed by atoms with Crippen molar-refractivity contribution in [2.75, 3.05) is 33.4 Å². The number of nitrogens with one attached hydrogen (secondary N) is 2. The van der Waals surface area contributed by atoms with Crippen LogP contribution in [-0.4, -0.2) is 51.5 Å². The number of rotatable bonds is 8. The highest BCUT2D eigenvalue weighted by molar-refractivity contribution is 14.0. The van der Waals surface area contributed by atoms with Crippen LogP contribution in [0.25, 0.3) is 0 Å². The Morgan fingerprint density at radius 1 is 1.27 bits per heavy atom. The molecule has 1 spiro atoms. The lowest BCUT2D eigenvalue weighted by Crippen LogP contribution is -2.68. The molecule has 2 saturated carbocycles. The van der Waals surface area contributed by atoms with E-state index in [1.54, 1.807) is 0 Å². The lowest BCUT2D eigenvalue weighted by atomic mass is 9.51. The number of halogens is 1. The number of guanidine groups is 1. The van der Waals surface area contributed by atoms with Gasteiger partial charge in [-0.25, -0.2) is 0 Å². The van der Waals surface area contributed by atoms with E-state index in [2.05, 4.69) is 22.5 Å². The molecule has 0 aromatic heterocycles. The molecule has 2 unspecified atom stereocenters. The first-order valence-electron chi connectivity index (χ1n) is 8.43. The van der Waals surface area contributed by atoms with Crippen LogP contribution >= 0.6 is 24.0 Å². The molecule has 0 saturated heterocycles. The summed E-state index contributed by atoms with van der Waals surface area (Å²) in [6.45, 7) is 7.43. The van der Waals surface area contributed by atoms with Crippen molar-refractivity contribution in [1.82, 2.24) is 10.6 Å². The average Bonchev–Trinajstić information content (AvgIpc) is 2.42. The zero-order chi connectivity index (χ0) is 15.1. The van der Waals surface area contributed by atoms with Crippen molar-refractivity contribution in [1.29, 1.82) is 0 Å². The van der Waals surface area contributed by atoms with Crippen molar-refractivity contribution < 1.29 is 9.47 Å². The van der Waals surface area contributed by atoms with Gasteiger partial charge in [0.25, 0.3) is 0 Å². The number of ether oxygens (including phenoxy) is 2. The molecule has 2 aliphatic carbocycles. The third kappa shape index (κ3) is 4.47. The average molecular weight is 425 g/mol. The third-order valence-corrected chi connectivity index (χ3v) is 4.93. The summed E-state index contributed by atoms with van der Waals surface area (Å²) >= 11 is 0. The van der Waals surface area contributed by atoms with Crippen LogP contribution in [0.1, 0.15) is 46.0 Å². The fraction of sp³-hybridized carbons (Fsp3) is 0.938. The minimum atomic E-state index is 0. The van der Waals surface area contributed by atoms with Gasteiger partial charge in [-0.1, -0.05) is 6.42 Å². The molecule has 22 heavy (non-hydrogen) atoms. The van der Waals surface area contributed by atoms with Crippen LogP contribution in [0.2, 0.25) is 0 Å². The van der Waals surface area contributed by atoms with E-state index in [9.17, 15) is 0 Å². The molecule has 0 aromatic carbocycles. The predicted octanol–water partition coefficient (Wildman–Crippen LogP) is 2.54. The molecule has 2 fully saturated rings. The van der Waals surface area contributed by atoms with Gasteiger partial charge in [-0.15, -0.1) is 24.0 Å². The summed E-state index contributed by atoms with van der Waals surface area (Å²) < 4.78 is 11.2. The molecule has 2 atom stereocenters. The zero-order valence-corrected chi connectivity index (χ0v) is 16.5. The van der Waals surface area contributed by atoms with Crippen molar-refractivity contribution in [3.8, 4) is 0 Å².